The molecule has 2 rings (SSSR count). The van der Waals surface area contributed by atoms with Crippen LogP contribution in [-0.2, 0) is 0 Å². The number of para-hydroxylation sites is 2. The highest BCUT2D eigenvalue weighted by Crippen LogP contribution is 2.28. The molecular formula is C14H16ClNO3. The van der Waals surface area contributed by atoms with Gasteiger partial charge in [-0.15, -0.1) is 0 Å². The SMILES string of the molecule is COc1ccccc1OCC(CN)c1ccc(Cl)o1. The summed E-state index contributed by atoms with van der Waals surface area (Å²) in [6.45, 7) is 0.819. The topological polar surface area (TPSA) is 57.6 Å². The minimum absolute atomic E-state index is 0.0441. The van der Waals surface area contributed by atoms with E-state index < -0.39 is 0 Å². The summed E-state index contributed by atoms with van der Waals surface area (Å²) in [4.78, 5) is 0. The maximum atomic E-state index is 5.76. The van der Waals surface area contributed by atoms with Crippen LogP contribution >= 0.6 is 11.6 Å². The van der Waals surface area contributed by atoms with Gasteiger partial charge in [0.25, 0.3) is 0 Å². The van der Waals surface area contributed by atoms with Crippen LogP contribution in [0.5, 0.6) is 11.5 Å². The molecule has 1 aromatic carbocycles. The zero-order valence-electron chi connectivity index (χ0n) is 10.6. The molecule has 5 heteroatoms. The van der Waals surface area contributed by atoms with Crippen LogP contribution in [0.3, 0.4) is 0 Å². The zero-order chi connectivity index (χ0) is 13.7. The highest BCUT2D eigenvalue weighted by molar-refractivity contribution is 6.28. The summed E-state index contributed by atoms with van der Waals surface area (Å²) in [5, 5.41) is 0.353. The van der Waals surface area contributed by atoms with Gasteiger partial charge in [-0.1, -0.05) is 12.1 Å². The number of rotatable bonds is 6. The van der Waals surface area contributed by atoms with E-state index in [0.29, 0.717) is 29.9 Å². The molecule has 1 heterocycles. The Bertz CT molecular complexity index is 527. The van der Waals surface area contributed by atoms with Gasteiger partial charge in [0.1, 0.15) is 5.76 Å². The van der Waals surface area contributed by atoms with Crippen LogP contribution in [0, 0.1) is 0 Å². The smallest absolute Gasteiger partial charge is 0.193 e. The molecule has 4 nitrogen and oxygen atoms in total. The molecule has 19 heavy (non-hydrogen) atoms. The zero-order valence-corrected chi connectivity index (χ0v) is 11.4. The predicted octanol–water partition coefficient (Wildman–Crippen LogP) is 3.06. The van der Waals surface area contributed by atoms with Gasteiger partial charge in [-0.25, -0.2) is 0 Å². The molecule has 0 radical (unpaired) electrons. The Morgan fingerprint density at radius 1 is 1.21 bits per heavy atom. The van der Waals surface area contributed by atoms with Gasteiger partial charge < -0.3 is 19.6 Å². The highest BCUT2D eigenvalue weighted by Gasteiger charge is 2.16. The predicted molar refractivity (Wildman–Crippen MR) is 74.0 cm³/mol. The lowest BCUT2D eigenvalue weighted by molar-refractivity contribution is 0.259. The molecule has 0 spiro atoms. The lowest BCUT2D eigenvalue weighted by Crippen LogP contribution is -2.19. The summed E-state index contributed by atoms with van der Waals surface area (Å²) in [6.07, 6.45) is 0. The summed E-state index contributed by atoms with van der Waals surface area (Å²) in [5.41, 5.74) is 5.73. The molecule has 0 amide bonds. The van der Waals surface area contributed by atoms with E-state index >= 15 is 0 Å². The van der Waals surface area contributed by atoms with Gasteiger partial charge >= 0.3 is 0 Å². The van der Waals surface area contributed by atoms with E-state index in [9.17, 15) is 0 Å². The Morgan fingerprint density at radius 3 is 2.53 bits per heavy atom. The Hall–Kier alpha value is -1.65. The van der Waals surface area contributed by atoms with E-state index in [-0.39, 0.29) is 5.92 Å². The van der Waals surface area contributed by atoms with Crippen molar-refractivity contribution < 1.29 is 13.9 Å². The fourth-order valence-corrected chi connectivity index (χ4v) is 1.89. The Morgan fingerprint density at radius 2 is 1.95 bits per heavy atom. The quantitative estimate of drug-likeness (QED) is 0.884. The molecule has 1 unspecified atom stereocenters. The molecule has 0 aliphatic carbocycles. The van der Waals surface area contributed by atoms with Gasteiger partial charge in [0.2, 0.25) is 0 Å². The van der Waals surface area contributed by atoms with Gasteiger partial charge in [-0.3, -0.25) is 0 Å². The first kappa shape index (κ1) is 13.8. The number of methoxy groups -OCH3 is 1. The van der Waals surface area contributed by atoms with E-state index in [1.165, 1.54) is 0 Å². The molecule has 0 fully saturated rings. The van der Waals surface area contributed by atoms with Gasteiger partial charge in [0, 0.05) is 6.54 Å². The second kappa shape index (κ2) is 6.50. The van der Waals surface area contributed by atoms with Crippen LogP contribution in [0.4, 0.5) is 0 Å². The van der Waals surface area contributed by atoms with Crippen LogP contribution < -0.4 is 15.2 Å². The second-order valence-electron chi connectivity index (χ2n) is 4.04. The van der Waals surface area contributed by atoms with Gasteiger partial charge in [0.15, 0.2) is 16.7 Å². The first-order valence-corrected chi connectivity index (χ1v) is 6.33. The first-order chi connectivity index (χ1) is 9.24. The Balaban J connectivity index is 2.04. The van der Waals surface area contributed by atoms with E-state index in [0.717, 1.165) is 5.76 Å². The molecule has 102 valence electrons. The summed E-state index contributed by atoms with van der Waals surface area (Å²) in [7, 11) is 1.61. The molecule has 1 atom stereocenters. The van der Waals surface area contributed by atoms with Crippen molar-refractivity contribution in [2.24, 2.45) is 5.73 Å². The monoisotopic (exact) mass is 281 g/mol. The van der Waals surface area contributed by atoms with Crippen molar-refractivity contribution in [3.05, 3.63) is 47.4 Å². The van der Waals surface area contributed by atoms with Crippen molar-refractivity contribution in [1.82, 2.24) is 0 Å². The minimum atomic E-state index is -0.0441. The number of furan rings is 1. The molecule has 0 aliphatic heterocycles. The lowest BCUT2D eigenvalue weighted by atomic mass is 10.1. The van der Waals surface area contributed by atoms with Gasteiger partial charge in [-0.05, 0) is 35.9 Å². The van der Waals surface area contributed by atoms with Gasteiger partial charge in [0.05, 0.1) is 19.6 Å². The normalized spacial score (nSPS) is 12.2. The van der Waals surface area contributed by atoms with Crippen LogP contribution in [0.1, 0.15) is 11.7 Å². The highest BCUT2D eigenvalue weighted by atomic mass is 35.5. The molecule has 2 aromatic rings. The number of nitrogens with two attached hydrogens (primary N) is 1. The molecule has 0 saturated heterocycles. The first-order valence-electron chi connectivity index (χ1n) is 5.95. The summed E-state index contributed by atoms with van der Waals surface area (Å²) in [5.74, 6) is 2.05. The molecular weight excluding hydrogens is 266 g/mol. The molecule has 1 aromatic heterocycles. The molecule has 0 saturated carbocycles. The van der Waals surface area contributed by atoms with E-state index in [4.69, 9.17) is 31.2 Å². The van der Waals surface area contributed by atoms with Gasteiger partial charge in [-0.2, -0.15) is 0 Å². The Kier molecular flexibility index (Phi) is 4.71. The van der Waals surface area contributed by atoms with Crippen molar-refractivity contribution in [3.8, 4) is 11.5 Å². The van der Waals surface area contributed by atoms with Crippen molar-refractivity contribution >= 4 is 11.6 Å². The fourth-order valence-electron chi connectivity index (χ4n) is 1.74. The third-order valence-corrected chi connectivity index (χ3v) is 2.99. The number of ether oxygens (including phenoxy) is 2. The minimum Gasteiger partial charge on any atom is -0.493 e. The van der Waals surface area contributed by atoms with E-state index in [2.05, 4.69) is 0 Å². The maximum Gasteiger partial charge on any atom is 0.193 e. The standard InChI is InChI=1S/C14H16ClNO3/c1-17-12-4-2-3-5-13(12)18-9-10(8-16)11-6-7-14(15)19-11/h2-7,10H,8-9,16H2,1H3. The van der Waals surface area contributed by atoms with Crippen LogP contribution in [0.25, 0.3) is 0 Å². The Labute approximate surface area is 117 Å². The number of hydrogen-bond acceptors (Lipinski definition) is 4. The molecule has 2 N–H and O–H groups in total. The average molecular weight is 282 g/mol. The van der Waals surface area contributed by atoms with Crippen LogP contribution in [0.15, 0.2) is 40.8 Å². The largest absolute Gasteiger partial charge is 0.493 e. The fraction of sp³-hybridized carbons (Fsp3) is 0.286. The average Bonchev–Trinajstić information content (AvgIpc) is 2.86. The summed E-state index contributed by atoms with van der Waals surface area (Å²) in [6, 6.07) is 11.0. The number of benzene rings is 1. The second-order valence-corrected chi connectivity index (χ2v) is 4.41. The third kappa shape index (κ3) is 3.43. The molecule has 0 aliphatic rings. The van der Waals surface area contributed by atoms with Crippen molar-refractivity contribution in [2.75, 3.05) is 20.3 Å². The third-order valence-electron chi connectivity index (χ3n) is 2.79. The van der Waals surface area contributed by atoms with E-state index in [1.54, 1.807) is 13.2 Å². The summed E-state index contributed by atoms with van der Waals surface area (Å²) < 4.78 is 16.3. The van der Waals surface area contributed by atoms with Crippen molar-refractivity contribution in [1.29, 1.82) is 0 Å². The van der Waals surface area contributed by atoms with Crippen molar-refractivity contribution in [3.63, 3.8) is 0 Å². The summed E-state index contributed by atoms with van der Waals surface area (Å²) >= 11 is 5.76. The van der Waals surface area contributed by atoms with Crippen LogP contribution in [-0.4, -0.2) is 20.3 Å². The lowest BCUT2D eigenvalue weighted by Gasteiger charge is -2.15. The molecule has 0 bridgehead atoms. The number of halogens is 1. The maximum absolute atomic E-state index is 5.76. The van der Waals surface area contributed by atoms with E-state index in [1.807, 2.05) is 30.3 Å². The number of hydrogen-bond donors (Lipinski definition) is 1. The van der Waals surface area contributed by atoms with Crippen LogP contribution in [0.2, 0.25) is 5.22 Å². The van der Waals surface area contributed by atoms with Crippen molar-refractivity contribution in [2.45, 2.75) is 5.92 Å².